The van der Waals surface area contributed by atoms with Crippen molar-refractivity contribution in [2.45, 2.75) is 44.6 Å². The van der Waals surface area contributed by atoms with Crippen LogP contribution in [-0.2, 0) is 0 Å². The van der Waals surface area contributed by atoms with Crippen LogP contribution >= 0.6 is 0 Å². The van der Waals surface area contributed by atoms with E-state index in [0.717, 1.165) is 19.3 Å². The molecule has 0 radical (unpaired) electrons. The van der Waals surface area contributed by atoms with Gasteiger partial charge in [-0.15, -0.1) is 0 Å². The van der Waals surface area contributed by atoms with E-state index in [1.54, 1.807) is 0 Å². The Bertz CT molecular complexity index is 170. The van der Waals surface area contributed by atoms with Gasteiger partial charge in [-0.25, -0.2) is 0 Å². The van der Waals surface area contributed by atoms with Gasteiger partial charge in [-0.1, -0.05) is 25.8 Å². The van der Waals surface area contributed by atoms with Crippen molar-refractivity contribution in [2.24, 2.45) is 0 Å². The molecular formula is C10H18F2O2. The molecule has 2 nitrogen and oxygen atoms in total. The van der Waals surface area contributed by atoms with Gasteiger partial charge >= 0.3 is 0 Å². The van der Waals surface area contributed by atoms with E-state index in [9.17, 15) is 8.78 Å². The lowest BCUT2D eigenvalue weighted by molar-refractivity contribution is -0.0900. The van der Waals surface area contributed by atoms with E-state index in [-0.39, 0.29) is 0 Å². The molecule has 0 aromatic rings. The smallest absolute Gasteiger partial charge is 0.294 e. The van der Waals surface area contributed by atoms with Gasteiger partial charge in [-0.05, 0) is 18.9 Å². The van der Waals surface area contributed by atoms with Crippen molar-refractivity contribution in [1.82, 2.24) is 0 Å². The number of alkyl halides is 2. The first-order valence-corrected chi connectivity index (χ1v) is 4.89. The summed E-state index contributed by atoms with van der Waals surface area (Å²) in [5.41, 5.74) is 0. The maximum Gasteiger partial charge on any atom is 0.294 e. The van der Waals surface area contributed by atoms with Gasteiger partial charge in [-0.3, -0.25) is 0 Å². The molecule has 0 bridgehead atoms. The zero-order chi connectivity index (χ0) is 11.0. The molecule has 1 atom stereocenters. The predicted octanol–water partition coefficient (Wildman–Crippen LogP) is 2.11. The van der Waals surface area contributed by atoms with Crippen LogP contribution in [0, 0.1) is 0 Å². The highest BCUT2D eigenvalue weighted by molar-refractivity contribution is 4.98. The Balaban J connectivity index is 3.83. The standard InChI is InChI=1S/C10H18F2O2/c1-2-3-4-5-6-7-10(11,12)9(14)8-13/h6-7,9,13-14H,2-5,8H2,1H3. The van der Waals surface area contributed by atoms with E-state index >= 15 is 0 Å². The Morgan fingerprint density at radius 1 is 1.36 bits per heavy atom. The normalized spacial score (nSPS) is 14.9. The molecule has 0 rings (SSSR count). The zero-order valence-electron chi connectivity index (χ0n) is 8.42. The molecule has 4 heteroatoms. The summed E-state index contributed by atoms with van der Waals surface area (Å²) in [6.07, 6.45) is 3.55. The van der Waals surface area contributed by atoms with Crippen LogP contribution in [0.5, 0.6) is 0 Å². The van der Waals surface area contributed by atoms with Crippen molar-refractivity contribution >= 4 is 0 Å². The molecule has 14 heavy (non-hydrogen) atoms. The Labute approximate surface area is 83.3 Å². The summed E-state index contributed by atoms with van der Waals surface area (Å²) in [4.78, 5) is 0. The fourth-order valence-corrected chi connectivity index (χ4v) is 0.985. The van der Waals surface area contributed by atoms with Crippen LogP contribution in [0.3, 0.4) is 0 Å². The Morgan fingerprint density at radius 3 is 2.50 bits per heavy atom. The fraction of sp³-hybridized carbons (Fsp3) is 0.800. The van der Waals surface area contributed by atoms with E-state index in [2.05, 4.69) is 0 Å². The maximum absolute atomic E-state index is 12.8. The highest BCUT2D eigenvalue weighted by Crippen LogP contribution is 2.20. The second-order valence-electron chi connectivity index (χ2n) is 3.27. The monoisotopic (exact) mass is 208 g/mol. The van der Waals surface area contributed by atoms with Gasteiger partial charge in [0.15, 0.2) is 0 Å². The molecule has 0 fully saturated rings. The molecule has 0 aliphatic rings. The summed E-state index contributed by atoms with van der Waals surface area (Å²) in [6.45, 7) is 1.11. The summed E-state index contributed by atoms with van der Waals surface area (Å²) in [5, 5.41) is 17.1. The highest BCUT2D eigenvalue weighted by Gasteiger charge is 2.34. The molecule has 0 spiro atoms. The summed E-state index contributed by atoms with van der Waals surface area (Å²) in [6, 6.07) is 0. The number of aliphatic hydroxyl groups is 2. The van der Waals surface area contributed by atoms with Crippen LogP contribution in [0.25, 0.3) is 0 Å². The number of hydrogen-bond donors (Lipinski definition) is 2. The molecule has 0 heterocycles. The first-order valence-electron chi connectivity index (χ1n) is 4.89. The lowest BCUT2D eigenvalue weighted by atomic mass is 10.1. The van der Waals surface area contributed by atoms with E-state index in [4.69, 9.17) is 10.2 Å². The van der Waals surface area contributed by atoms with Gasteiger partial charge in [0.05, 0.1) is 6.61 Å². The Morgan fingerprint density at radius 2 is 2.00 bits per heavy atom. The van der Waals surface area contributed by atoms with Crippen LogP contribution < -0.4 is 0 Å². The van der Waals surface area contributed by atoms with Crippen LogP contribution in [0.4, 0.5) is 8.78 Å². The van der Waals surface area contributed by atoms with Crippen LogP contribution in [0.1, 0.15) is 32.6 Å². The Hall–Kier alpha value is -0.480. The molecule has 0 aliphatic carbocycles. The van der Waals surface area contributed by atoms with Crippen molar-refractivity contribution in [3.8, 4) is 0 Å². The van der Waals surface area contributed by atoms with E-state index < -0.39 is 18.6 Å². The van der Waals surface area contributed by atoms with Crippen LogP contribution in [-0.4, -0.2) is 28.8 Å². The quantitative estimate of drug-likeness (QED) is 0.497. The molecule has 0 aliphatic heterocycles. The van der Waals surface area contributed by atoms with Gasteiger partial charge < -0.3 is 10.2 Å². The van der Waals surface area contributed by atoms with Gasteiger partial charge in [0.1, 0.15) is 6.10 Å². The van der Waals surface area contributed by atoms with Crippen molar-refractivity contribution in [2.75, 3.05) is 6.61 Å². The molecule has 0 aromatic carbocycles. The van der Waals surface area contributed by atoms with Gasteiger partial charge in [-0.2, -0.15) is 8.78 Å². The Kier molecular flexibility index (Phi) is 6.66. The maximum atomic E-state index is 12.8. The summed E-state index contributed by atoms with van der Waals surface area (Å²) in [5.74, 6) is -3.32. The average Bonchev–Trinajstić information content (AvgIpc) is 2.16. The number of rotatable bonds is 7. The second kappa shape index (κ2) is 6.90. The molecule has 0 saturated heterocycles. The molecule has 2 N–H and O–H groups in total. The second-order valence-corrected chi connectivity index (χ2v) is 3.27. The van der Waals surface area contributed by atoms with Gasteiger partial charge in [0.2, 0.25) is 0 Å². The van der Waals surface area contributed by atoms with Crippen molar-refractivity contribution < 1.29 is 19.0 Å². The first-order chi connectivity index (χ1) is 6.54. The number of aliphatic hydroxyl groups excluding tert-OH is 2. The molecule has 0 amide bonds. The minimum absolute atomic E-state index is 0.585. The minimum Gasteiger partial charge on any atom is -0.393 e. The van der Waals surface area contributed by atoms with E-state index in [1.165, 1.54) is 6.08 Å². The summed E-state index contributed by atoms with van der Waals surface area (Å²) in [7, 11) is 0. The third-order valence-electron chi connectivity index (χ3n) is 1.93. The third kappa shape index (κ3) is 5.29. The predicted molar refractivity (Wildman–Crippen MR) is 51.3 cm³/mol. The number of halogens is 2. The fourth-order valence-electron chi connectivity index (χ4n) is 0.985. The van der Waals surface area contributed by atoms with Gasteiger partial charge in [0.25, 0.3) is 5.92 Å². The molecular weight excluding hydrogens is 190 g/mol. The SMILES string of the molecule is CCCCCC=CC(F)(F)C(O)CO. The summed E-state index contributed by atoms with van der Waals surface area (Å²) < 4.78 is 25.7. The highest BCUT2D eigenvalue weighted by atomic mass is 19.3. The third-order valence-corrected chi connectivity index (χ3v) is 1.93. The van der Waals surface area contributed by atoms with Crippen LogP contribution in [0.2, 0.25) is 0 Å². The zero-order valence-corrected chi connectivity index (χ0v) is 8.42. The molecule has 1 unspecified atom stereocenters. The average molecular weight is 208 g/mol. The van der Waals surface area contributed by atoms with Crippen LogP contribution in [0.15, 0.2) is 12.2 Å². The first kappa shape index (κ1) is 13.5. The number of hydrogen-bond acceptors (Lipinski definition) is 2. The number of unbranched alkanes of at least 4 members (excludes halogenated alkanes) is 3. The molecule has 84 valence electrons. The minimum atomic E-state index is -3.32. The van der Waals surface area contributed by atoms with Crippen molar-refractivity contribution in [3.05, 3.63) is 12.2 Å². The topological polar surface area (TPSA) is 40.5 Å². The largest absolute Gasteiger partial charge is 0.393 e. The van der Waals surface area contributed by atoms with E-state index in [0.29, 0.717) is 12.5 Å². The lowest BCUT2D eigenvalue weighted by Gasteiger charge is -2.16. The lowest BCUT2D eigenvalue weighted by Crippen LogP contribution is -2.34. The van der Waals surface area contributed by atoms with Crippen molar-refractivity contribution in [1.29, 1.82) is 0 Å². The number of allylic oxidation sites excluding steroid dienone is 1. The van der Waals surface area contributed by atoms with Gasteiger partial charge in [0, 0.05) is 0 Å². The molecule has 0 aromatic heterocycles. The van der Waals surface area contributed by atoms with E-state index in [1.807, 2.05) is 6.92 Å². The summed E-state index contributed by atoms with van der Waals surface area (Å²) >= 11 is 0. The molecule has 0 saturated carbocycles. The van der Waals surface area contributed by atoms with Crippen molar-refractivity contribution in [3.63, 3.8) is 0 Å².